The van der Waals surface area contributed by atoms with Gasteiger partial charge >= 0.3 is 6.09 Å². The Morgan fingerprint density at radius 3 is 2.35 bits per heavy atom. The molecule has 0 aliphatic carbocycles. The molecule has 5 heteroatoms. The first-order chi connectivity index (χ1) is 12.8. The molecular formula is C21H19FN2O2. The van der Waals surface area contributed by atoms with Crippen LogP contribution in [-0.2, 0) is 18.0 Å². The number of nitrogens with zero attached hydrogens (tertiary/aromatic N) is 1. The number of pyridine rings is 1. The van der Waals surface area contributed by atoms with E-state index in [1.165, 1.54) is 0 Å². The fourth-order valence-electron chi connectivity index (χ4n) is 2.56. The molecule has 2 aromatic carbocycles. The molecule has 0 fully saturated rings. The molecule has 0 saturated carbocycles. The van der Waals surface area contributed by atoms with Gasteiger partial charge in [0.2, 0.25) is 0 Å². The molecule has 1 amide bonds. The fraction of sp³-hybridized carbons (Fsp3) is 0.143. The molecule has 0 radical (unpaired) electrons. The van der Waals surface area contributed by atoms with Gasteiger partial charge in [-0.05, 0) is 28.8 Å². The largest absolute Gasteiger partial charge is 0.445 e. The molecule has 3 rings (SSSR count). The number of alkyl carbamates (subject to hydrolysis) is 1. The second-order valence-electron chi connectivity index (χ2n) is 5.77. The number of aromatic nitrogens is 1. The summed E-state index contributed by atoms with van der Waals surface area (Å²) in [6.45, 7) is -0.344. The molecule has 0 aliphatic heterocycles. The average Bonchev–Trinajstić information content (AvgIpc) is 2.72. The number of ether oxygens (including phenoxy) is 1. The van der Waals surface area contributed by atoms with Gasteiger partial charge in [-0.15, -0.1) is 0 Å². The second-order valence-corrected chi connectivity index (χ2v) is 5.77. The molecule has 0 saturated heterocycles. The van der Waals surface area contributed by atoms with Crippen molar-refractivity contribution in [2.75, 3.05) is 0 Å². The van der Waals surface area contributed by atoms with Gasteiger partial charge < -0.3 is 10.1 Å². The van der Waals surface area contributed by atoms with Gasteiger partial charge in [-0.25, -0.2) is 9.18 Å². The number of rotatable bonds is 6. The van der Waals surface area contributed by atoms with Gasteiger partial charge in [0.05, 0.1) is 11.7 Å². The Balaban J connectivity index is 1.74. The second kappa shape index (κ2) is 8.76. The van der Waals surface area contributed by atoms with Crippen molar-refractivity contribution < 1.29 is 13.9 Å². The van der Waals surface area contributed by atoms with Gasteiger partial charge in [-0.2, -0.15) is 0 Å². The number of amides is 1. The van der Waals surface area contributed by atoms with Gasteiger partial charge in [-0.1, -0.05) is 60.7 Å². The van der Waals surface area contributed by atoms with Crippen molar-refractivity contribution in [3.05, 3.63) is 101 Å². The van der Waals surface area contributed by atoms with Crippen molar-refractivity contribution in [3.8, 4) is 0 Å². The summed E-state index contributed by atoms with van der Waals surface area (Å²) in [5.41, 5.74) is 2.97. The van der Waals surface area contributed by atoms with E-state index >= 15 is 0 Å². The first kappa shape index (κ1) is 17.6. The Hall–Kier alpha value is -3.21. The Morgan fingerprint density at radius 1 is 0.962 bits per heavy atom. The van der Waals surface area contributed by atoms with E-state index in [1.807, 2.05) is 42.5 Å². The molecule has 0 aliphatic rings. The number of halogens is 1. The summed E-state index contributed by atoms with van der Waals surface area (Å²) >= 11 is 0. The molecule has 132 valence electrons. The number of alkyl halides is 1. The smallest absolute Gasteiger partial charge is 0.408 e. The highest BCUT2D eigenvalue weighted by molar-refractivity contribution is 5.68. The Morgan fingerprint density at radius 2 is 1.69 bits per heavy atom. The van der Waals surface area contributed by atoms with Crippen LogP contribution in [0.15, 0.2) is 79.0 Å². The fourth-order valence-corrected chi connectivity index (χ4v) is 2.56. The van der Waals surface area contributed by atoms with Gasteiger partial charge in [0.15, 0.2) is 0 Å². The molecule has 3 aromatic rings. The highest BCUT2D eigenvalue weighted by Crippen LogP contribution is 2.21. The molecule has 0 spiro atoms. The van der Waals surface area contributed by atoms with Crippen LogP contribution >= 0.6 is 0 Å². The quantitative estimate of drug-likeness (QED) is 0.709. The zero-order valence-corrected chi connectivity index (χ0v) is 14.1. The minimum atomic E-state index is -0.543. The van der Waals surface area contributed by atoms with Crippen LogP contribution in [0.25, 0.3) is 0 Å². The minimum absolute atomic E-state index is 0.183. The lowest BCUT2D eigenvalue weighted by molar-refractivity contribution is 0.137. The zero-order chi connectivity index (χ0) is 18.2. The average molecular weight is 350 g/mol. The third-order valence-corrected chi connectivity index (χ3v) is 3.93. The first-order valence-electron chi connectivity index (χ1n) is 8.29. The van der Waals surface area contributed by atoms with Gasteiger partial charge in [-0.3, -0.25) is 4.98 Å². The third-order valence-electron chi connectivity index (χ3n) is 3.93. The van der Waals surface area contributed by atoms with Crippen molar-refractivity contribution >= 4 is 6.09 Å². The number of carbonyl (C=O) groups is 1. The lowest BCUT2D eigenvalue weighted by Crippen LogP contribution is -2.30. The maximum Gasteiger partial charge on any atom is 0.408 e. The summed E-state index contributed by atoms with van der Waals surface area (Å²) in [6, 6.07) is 21.4. The van der Waals surface area contributed by atoms with Crippen LogP contribution in [0.4, 0.5) is 9.18 Å². The van der Waals surface area contributed by atoms with Gasteiger partial charge in [0, 0.05) is 6.20 Å². The molecule has 0 unspecified atom stereocenters. The van der Waals surface area contributed by atoms with Crippen LogP contribution in [0.2, 0.25) is 0 Å². The van der Waals surface area contributed by atoms with Crippen LogP contribution in [0.3, 0.4) is 0 Å². The van der Waals surface area contributed by atoms with Crippen LogP contribution in [0, 0.1) is 0 Å². The molecule has 0 bridgehead atoms. The van der Waals surface area contributed by atoms with Crippen molar-refractivity contribution in [1.82, 2.24) is 10.3 Å². The third kappa shape index (κ3) is 4.66. The van der Waals surface area contributed by atoms with Crippen LogP contribution < -0.4 is 5.32 Å². The maximum absolute atomic E-state index is 12.8. The summed E-state index contributed by atoms with van der Waals surface area (Å²) < 4.78 is 18.1. The van der Waals surface area contributed by atoms with E-state index in [2.05, 4.69) is 10.3 Å². The minimum Gasteiger partial charge on any atom is -0.445 e. The van der Waals surface area contributed by atoms with Crippen LogP contribution in [0.5, 0.6) is 0 Å². The monoisotopic (exact) mass is 350 g/mol. The lowest BCUT2D eigenvalue weighted by Gasteiger charge is -2.19. The first-order valence-corrected chi connectivity index (χ1v) is 8.29. The lowest BCUT2D eigenvalue weighted by atomic mass is 10.0. The normalized spacial score (nSPS) is 11.6. The summed E-state index contributed by atoms with van der Waals surface area (Å²) in [5, 5.41) is 2.84. The zero-order valence-electron chi connectivity index (χ0n) is 14.1. The predicted molar refractivity (Wildman–Crippen MR) is 97.1 cm³/mol. The van der Waals surface area contributed by atoms with Crippen LogP contribution in [0.1, 0.15) is 28.4 Å². The molecule has 4 nitrogen and oxygen atoms in total. The van der Waals surface area contributed by atoms with E-state index in [-0.39, 0.29) is 6.61 Å². The number of hydrogen-bond donors (Lipinski definition) is 1. The summed E-state index contributed by atoms with van der Waals surface area (Å²) in [5.74, 6) is 0. The van der Waals surface area contributed by atoms with Gasteiger partial charge in [0.25, 0.3) is 0 Å². The predicted octanol–water partition coefficient (Wildman–Crippen LogP) is 4.57. The number of hydrogen-bond acceptors (Lipinski definition) is 3. The Labute approximate surface area is 151 Å². The van der Waals surface area contributed by atoms with Crippen molar-refractivity contribution in [2.24, 2.45) is 0 Å². The van der Waals surface area contributed by atoms with Crippen molar-refractivity contribution in [3.63, 3.8) is 0 Å². The highest BCUT2D eigenvalue weighted by Gasteiger charge is 2.19. The molecular weight excluding hydrogens is 331 g/mol. The van der Waals surface area contributed by atoms with E-state index in [0.717, 1.165) is 11.1 Å². The molecule has 1 heterocycles. The number of nitrogens with one attached hydrogen (secondary N) is 1. The number of benzene rings is 2. The van der Waals surface area contributed by atoms with E-state index in [1.54, 1.807) is 36.5 Å². The highest BCUT2D eigenvalue weighted by atomic mass is 19.1. The maximum atomic E-state index is 12.8. The van der Waals surface area contributed by atoms with Crippen LogP contribution in [-0.4, -0.2) is 11.1 Å². The standard InChI is InChI=1S/C21H19FN2O2/c22-14-16-9-11-18(12-10-16)20(19-8-4-5-13-23-19)24-21(25)26-15-17-6-2-1-3-7-17/h1-13,20H,14-15H2,(H,24,25)/t20-/m0/s1. The summed E-state index contributed by atoms with van der Waals surface area (Å²) in [6.07, 6.45) is 1.12. The Bertz CT molecular complexity index is 824. The topological polar surface area (TPSA) is 51.2 Å². The van der Waals surface area contributed by atoms with E-state index < -0.39 is 18.8 Å². The van der Waals surface area contributed by atoms with E-state index in [4.69, 9.17) is 4.74 Å². The van der Waals surface area contributed by atoms with Crippen molar-refractivity contribution in [1.29, 1.82) is 0 Å². The van der Waals surface area contributed by atoms with E-state index in [9.17, 15) is 9.18 Å². The summed E-state index contributed by atoms with van der Waals surface area (Å²) in [4.78, 5) is 16.6. The SMILES string of the molecule is O=C(N[C@@H](c1ccc(CF)cc1)c1ccccn1)OCc1ccccc1. The molecule has 1 aromatic heterocycles. The van der Waals surface area contributed by atoms with Gasteiger partial charge in [0.1, 0.15) is 13.3 Å². The molecule has 1 atom stereocenters. The molecule has 26 heavy (non-hydrogen) atoms. The summed E-state index contributed by atoms with van der Waals surface area (Å²) in [7, 11) is 0. The number of carbonyl (C=O) groups excluding carboxylic acids is 1. The Kier molecular flexibility index (Phi) is 5.93. The molecule has 1 N–H and O–H groups in total. The van der Waals surface area contributed by atoms with Crippen molar-refractivity contribution in [2.45, 2.75) is 19.3 Å². The van der Waals surface area contributed by atoms with E-state index in [0.29, 0.717) is 11.3 Å².